The second kappa shape index (κ2) is 4.87. The lowest BCUT2D eigenvalue weighted by Gasteiger charge is -2.33. The third kappa shape index (κ3) is 2.32. The smallest absolute Gasteiger partial charge is 0.190 e. The Bertz CT molecular complexity index is 342. The molecule has 90 valence electrons. The van der Waals surface area contributed by atoms with Crippen molar-refractivity contribution in [2.75, 3.05) is 0 Å². The van der Waals surface area contributed by atoms with Gasteiger partial charge in [0.1, 0.15) is 0 Å². The first kappa shape index (κ1) is 12.1. The van der Waals surface area contributed by atoms with Crippen LogP contribution in [0.25, 0.3) is 0 Å². The molecule has 0 amide bonds. The average molecular weight is 238 g/mol. The summed E-state index contributed by atoms with van der Waals surface area (Å²) in [6, 6.07) is 0.745. The van der Waals surface area contributed by atoms with Gasteiger partial charge in [0.25, 0.3) is 0 Å². The van der Waals surface area contributed by atoms with Crippen LogP contribution in [0.1, 0.15) is 51.8 Å². The van der Waals surface area contributed by atoms with Crippen molar-refractivity contribution in [3.05, 3.63) is 16.6 Å². The summed E-state index contributed by atoms with van der Waals surface area (Å²) in [6.07, 6.45) is 4.19. The summed E-state index contributed by atoms with van der Waals surface area (Å²) in [4.78, 5) is 0. The number of rotatable bonds is 2. The first-order valence-electron chi connectivity index (χ1n) is 6.53. The number of aryl methyl sites for hydroxylation is 1. The quantitative estimate of drug-likeness (QED) is 0.686. The number of aromatic nitrogens is 1. The number of nitrogens with zero attached hydrogens (tertiary/aromatic N) is 1. The molecule has 1 aliphatic carbocycles. The van der Waals surface area contributed by atoms with E-state index >= 15 is 0 Å². The minimum Gasteiger partial charge on any atom is -0.190 e. The number of hydrogen-bond donors (Lipinski definition) is 0. The normalized spacial score (nSPS) is 30.9. The number of thiazole rings is 1. The van der Waals surface area contributed by atoms with Gasteiger partial charge in [0.05, 0.1) is 5.38 Å². The van der Waals surface area contributed by atoms with Gasteiger partial charge in [0, 0.05) is 19.3 Å². The van der Waals surface area contributed by atoms with Crippen LogP contribution in [0.4, 0.5) is 0 Å². The Hall–Kier alpha value is -0.370. The van der Waals surface area contributed by atoms with Crippen LogP contribution in [0.2, 0.25) is 0 Å². The van der Waals surface area contributed by atoms with Gasteiger partial charge in [-0.25, -0.2) is 0 Å². The van der Waals surface area contributed by atoms with Crippen molar-refractivity contribution in [3.63, 3.8) is 0 Å². The Morgan fingerprint density at radius 1 is 1.38 bits per heavy atom. The summed E-state index contributed by atoms with van der Waals surface area (Å²) in [5, 5.41) is 2.27. The van der Waals surface area contributed by atoms with Crippen LogP contribution in [-0.2, 0) is 0 Å². The van der Waals surface area contributed by atoms with E-state index in [0.29, 0.717) is 0 Å². The molecule has 1 aromatic heterocycles. The van der Waals surface area contributed by atoms with Crippen molar-refractivity contribution < 1.29 is 4.57 Å². The largest absolute Gasteiger partial charge is 0.225 e. The maximum Gasteiger partial charge on any atom is 0.225 e. The van der Waals surface area contributed by atoms with Crippen molar-refractivity contribution in [1.82, 2.24) is 0 Å². The van der Waals surface area contributed by atoms with Crippen LogP contribution >= 0.6 is 11.3 Å². The van der Waals surface area contributed by atoms with E-state index in [0.717, 1.165) is 23.8 Å². The van der Waals surface area contributed by atoms with Crippen LogP contribution in [0.5, 0.6) is 0 Å². The van der Waals surface area contributed by atoms with Crippen LogP contribution in [0.15, 0.2) is 10.9 Å². The standard InChI is InChI=1S/C14H24NS/c1-10(2)13-6-5-11(3)7-14(13)15-9-16-8-12(15)4/h8-11,13-14H,5-7H2,1-4H3/q+1/t11-,13+,14-/m0/s1. The van der Waals surface area contributed by atoms with Gasteiger partial charge < -0.3 is 0 Å². The lowest BCUT2D eigenvalue weighted by Crippen LogP contribution is -2.47. The van der Waals surface area contributed by atoms with E-state index in [4.69, 9.17) is 0 Å². The molecule has 2 rings (SSSR count). The topological polar surface area (TPSA) is 3.88 Å². The highest BCUT2D eigenvalue weighted by Gasteiger charge is 2.37. The molecule has 0 bridgehead atoms. The van der Waals surface area contributed by atoms with Gasteiger partial charge in [-0.15, -0.1) is 0 Å². The maximum atomic E-state index is 2.53. The fourth-order valence-corrected chi connectivity index (χ4v) is 3.98. The van der Waals surface area contributed by atoms with E-state index in [1.807, 2.05) is 11.3 Å². The molecular weight excluding hydrogens is 214 g/mol. The molecule has 0 N–H and O–H groups in total. The molecule has 0 unspecified atom stereocenters. The SMILES string of the molecule is Cc1csc[n+]1[C@H]1C[C@@H](C)CC[C@@H]1C(C)C. The lowest BCUT2D eigenvalue weighted by molar-refractivity contribution is -0.735. The first-order chi connectivity index (χ1) is 7.59. The molecular formula is C14H24NS+. The molecule has 1 fully saturated rings. The van der Waals surface area contributed by atoms with Gasteiger partial charge in [0.15, 0.2) is 11.7 Å². The van der Waals surface area contributed by atoms with E-state index < -0.39 is 0 Å². The van der Waals surface area contributed by atoms with Gasteiger partial charge in [0.2, 0.25) is 5.51 Å². The summed E-state index contributed by atoms with van der Waals surface area (Å²) < 4.78 is 2.53. The molecule has 1 nitrogen and oxygen atoms in total. The van der Waals surface area contributed by atoms with E-state index in [9.17, 15) is 0 Å². The van der Waals surface area contributed by atoms with Crippen LogP contribution in [0, 0.1) is 24.7 Å². The van der Waals surface area contributed by atoms with Gasteiger partial charge in [-0.3, -0.25) is 0 Å². The van der Waals surface area contributed by atoms with Gasteiger partial charge in [-0.1, -0.05) is 32.1 Å². The molecule has 0 aliphatic heterocycles. The highest BCUT2D eigenvalue weighted by molar-refractivity contribution is 7.07. The molecule has 1 saturated carbocycles. The Morgan fingerprint density at radius 2 is 2.12 bits per heavy atom. The van der Waals surface area contributed by atoms with Gasteiger partial charge >= 0.3 is 0 Å². The van der Waals surface area contributed by atoms with Gasteiger partial charge in [-0.2, -0.15) is 4.57 Å². The predicted octanol–water partition coefficient (Wildman–Crippen LogP) is 3.98. The van der Waals surface area contributed by atoms with Crippen LogP contribution < -0.4 is 4.57 Å². The zero-order chi connectivity index (χ0) is 11.7. The van der Waals surface area contributed by atoms with Crippen molar-refractivity contribution >= 4 is 11.3 Å². The van der Waals surface area contributed by atoms with Crippen molar-refractivity contribution in [2.45, 2.75) is 53.0 Å². The van der Waals surface area contributed by atoms with E-state index in [1.54, 1.807) is 0 Å². The first-order valence-corrected chi connectivity index (χ1v) is 7.47. The molecule has 1 heterocycles. The van der Waals surface area contributed by atoms with Gasteiger partial charge in [-0.05, 0) is 24.7 Å². The zero-order valence-corrected chi connectivity index (χ0v) is 11.8. The summed E-state index contributed by atoms with van der Waals surface area (Å²) in [7, 11) is 0. The summed E-state index contributed by atoms with van der Waals surface area (Å²) >= 11 is 1.84. The third-order valence-corrected chi connectivity index (χ3v) is 4.99. The molecule has 0 radical (unpaired) electrons. The highest BCUT2D eigenvalue weighted by atomic mass is 32.1. The second-order valence-corrected chi connectivity index (χ2v) is 6.52. The van der Waals surface area contributed by atoms with Crippen molar-refractivity contribution in [2.24, 2.45) is 17.8 Å². The minimum absolute atomic E-state index is 0.745. The van der Waals surface area contributed by atoms with E-state index in [-0.39, 0.29) is 0 Å². The Labute approximate surface area is 104 Å². The summed E-state index contributed by atoms with van der Waals surface area (Å²) in [5.41, 5.74) is 3.75. The summed E-state index contributed by atoms with van der Waals surface area (Å²) in [5.74, 6) is 2.57. The molecule has 1 aliphatic rings. The fraction of sp³-hybridized carbons (Fsp3) is 0.786. The van der Waals surface area contributed by atoms with Crippen LogP contribution in [0.3, 0.4) is 0 Å². The second-order valence-electron chi connectivity index (χ2n) is 5.80. The van der Waals surface area contributed by atoms with E-state index in [2.05, 4.69) is 43.2 Å². The van der Waals surface area contributed by atoms with E-state index in [1.165, 1.54) is 25.0 Å². The lowest BCUT2D eigenvalue weighted by atomic mass is 9.74. The van der Waals surface area contributed by atoms with Crippen molar-refractivity contribution in [3.8, 4) is 0 Å². The fourth-order valence-electron chi connectivity index (χ4n) is 3.15. The molecule has 0 spiro atoms. The molecule has 1 aromatic rings. The Balaban J connectivity index is 2.24. The Kier molecular flexibility index (Phi) is 3.68. The third-order valence-electron chi connectivity index (χ3n) is 4.16. The molecule has 3 atom stereocenters. The minimum atomic E-state index is 0.745. The zero-order valence-electron chi connectivity index (χ0n) is 10.9. The number of hydrogen-bond acceptors (Lipinski definition) is 1. The monoisotopic (exact) mass is 238 g/mol. The average Bonchev–Trinajstić information content (AvgIpc) is 2.63. The predicted molar refractivity (Wildman–Crippen MR) is 69.6 cm³/mol. The molecule has 0 aromatic carbocycles. The maximum absolute atomic E-state index is 2.53. The van der Waals surface area contributed by atoms with Crippen molar-refractivity contribution in [1.29, 1.82) is 0 Å². The Morgan fingerprint density at radius 3 is 2.69 bits per heavy atom. The summed E-state index contributed by atoms with van der Waals surface area (Å²) in [6.45, 7) is 9.42. The molecule has 0 saturated heterocycles. The molecule has 16 heavy (non-hydrogen) atoms. The highest BCUT2D eigenvalue weighted by Crippen LogP contribution is 2.38. The molecule has 2 heteroatoms. The van der Waals surface area contributed by atoms with Crippen LogP contribution in [-0.4, -0.2) is 0 Å².